The van der Waals surface area contributed by atoms with Crippen LogP contribution in [0.5, 0.6) is 0 Å². The first-order chi connectivity index (χ1) is 9.08. The molecule has 7 nitrogen and oxygen atoms in total. The quantitative estimate of drug-likeness (QED) is 0.343. The van der Waals surface area contributed by atoms with E-state index < -0.39 is 4.92 Å². The monoisotopic (exact) mass is 436 g/mol. The first-order valence-electron chi connectivity index (χ1n) is 4.91. The number of hydrazone groups is 1. The van der Waals surface area contributed by atoms with Crippen molar-refractivity contribution in [2.24, 2.45) is 5.10 Å². The van der Waals surface area contributed by atoms with Crippen molar-refractivity contribution in [3.8, 4) is 0 Å². The second-order valence-electron chi connectivity index (χ2n) is 3.27. The van der Waals surface area contributed by atoms with Gasteiger partial charge >= 0.3 is 5.69 Å². The van der Waals surface area contributed by atoms with E-state index in [1.165, 1.54) is 24.5 Å². The number of anilines is 1. The summed E-state index contributed by atoms with van der Waals surface area (Å²) in [7, 11) is 0. The number of nitrogens with one attached hydrogen (secondary N) is 1. The van der Waals surface area contributed by atoms with Gasteiger partial charge in [-0.1, -0.05) is 0 Å². The molecule has 0 aromatic carbocycles. The average Bonchev–Trinajstić information content (AvgIpc) is 2.69. The SMILES string of the molecule is O=[N+]([O-])c1cccnc1N/N=C/c1cc(Br)c(I)o1. The maximum absolute atomic E-state index is 10.8. The molecule has 0 saturated carbocycles. The molecule has 0 radical (unpaired) electrons. The Morgan fingerprint density at radius 2 is 2.42 bits per heavy atom. The van der Waals surface area contributed by atoms with Gasteiger partial charge in [-0.2, -0.15) is 5.10 Å². The van der Waals surface area contributed by atoms with E-state index in [1.54, 1.807) is 6.07 Å². The van der Waals surface area contributed by atoms with E-state index in [-0.39, 0.29) is 11.5 Å². The molecular weight excluding hydrogens is 431 g/mol. The first-order valence-corrected chi connectivity index (χ1v) is 6.78. The minimum absolute atomic E-state index is 0.0732. The maximum Gasteiger partial charge on any atom is 0.313 e. The smallest absolute Gasteiger partial charge is 0.313 e. The van der Waals surface area contributed by atoms with E-state index in [1.807, 2.05) is 22.6 Å². The predicted molar refractivity (Wildman–Crippen MR) is 81.2 cm³/mol. The largest absolute Gasteiger partial charge is 0.448 e. The molecule has 2 rings (SSSR count). The van der Waals surface area contributed by atoms with E-state index in [0.717, 1.165) is 4.47 Å². The highest BCUT2D eigenvalue weighted by atomic mass is 127. The van der Waals surface area contributed by atoms with Crippen molar-refractivity contribution in [1.29, 1.82) is 0 Å². The lowest BCUT2D eigenvalue weighted by Crippen LogP contribution is -1.98. The molecule has 0 fully saturated rings. The Morgan fingerprint density at radius 1 is 1.63 bits per heavy atom. The second kappa shape index (κ2) is 6.10. The molecule has 0 atom stereocenters. The van der Waals surface area contributed by atoms with Gasteiger partial charge in [-0.25, -0.2) is 4.98 Å². The number of rotatable bonds is 4. The lowest BCUT2D eigenvalue weighted by Gasteiger charge is -1.98. The van der Waals surface area contributed by atoms with Crippen LogP contribution < -0.4 is 5.43 Å². The summed E-state index contributed by atoms with van der Waals surface area (Å²) in [6.07, 6.45) is 2.85. The van der Waals surface area contributed by atoms with Crippen molar-refractivity contribution >= 4 is 56.2 Å². The van der Waals surface area contributed by atoms with Crippen LogP contribution in [0.25, 0.3) is 0 Å². The molecule has 19 heavy (non-hydrogen) atoms. The lowest BCUT2D eigenvalue weighted by atomic mass is 10.4. The van der Waals surface area contributed by atoms with E-state index >= 15 is 0 Å². The van der Waals surface area contributed by atoms with Crippen LogP contribution in [0.3, 0.4) is 0 Å². The van der Waals surface area contributed by atoms with Crippen molar-refractivity contribution in [2.45, 2.75) is 0 Å². The van der Waals surface area contributed by atoms with E-state index in [0.29, 0.717) is 9.53 Å². The topological polar surface area (TPSA) is 93.6 Å². The van der Waals surface area contributed by atoms with Gasteiger partial charge in [0, 0.05) is 40.9 Å². The third-order valence-electron chi connectivity index (χ3n) is 2.01. The van der Waals surface area contributed by atoms with Crippen molar-refractivity contribution in [1.82, 2.24) is 4.98 Å². The Morgan fingerprint density at radius 3 is 3.05 bits per heavy atom. The first kappa shape index (κ1) is 13.9. The van der Waals surface area contributed by atoms with Gasteiger partial charge in [0.15, 0.2) is 3.77 Å². The Kier molecular flexibility index (Phi) is 4.47. The molecule has 0 aliphatic carbocycles. The third kappa shape index (κ3) is 3.50. The molecule has 98 valence electrons. The molecule has 2 heterocycles. The Hall–Kier alpha value is -1.49. The summed E-state index contributed by atoms with van der Waals surface area (Å²) in [6, 6.07) is 4.57. The Balaban J connectivity index is 2.12. The minimum Gasteiger partial charge on any atom is -0.448 e. The van der Waals surface area contributed by atoms with Gasteiger partial charge in [0.05, 0.1) is 15.6 Å². The van der Waals surface area contributed by atoms with Gasteiger partial charge in [-0.3, -0.25) is 15.5 Å². The number of nitrogens with zero attached hydrogens (tertiary/aromatic N) is 3. The number of pyridine rings is 1. The third-order valence-corrected chi connectivity index (χ3v) is 4.14. The Labute approximate surface area is 129 Å². The van der Waals surface area contributed by atoms with E-state index in [2.05, 4.69) is 31.4 Å². The van der Waals surface area contributed by atoms with Crippen molar-refractivity contribution in [3.63, 3.8) is 0 Å². The fourth-order valence-corrected chi connectivity index (χ4v) is 1.93. The number of nitro groups is 1. The van der Waals surface area contributed by atoms with Crippen molar-refractivity contribution in [3.05, 3.63) is 48.5 Å². The highest BCUT2D eigenvalue weighted by Crippen LogP contribution is 2.22. The van der Waals surface area contributed by atoms with Crippen LogP contribution in [0.2, 0.25) is 0 Å². The zero-order valence-electron chi connectivity index (χ0n) is 9.21. The van der Waals surface area contributed by atoms with Crippen molar-refractivity contribution < 1.29 is 9.34 Å². The summed E-state index contributed by atoms with van der Waals surface area (Å²) in [4.78, 5) is 14.1. The fraction of sp³-hybridized carbons (Fsp3) is 0. The normalized spacial score (nSPS) is 10.8. The van der Waals surface area contributed by atoms with E-state index in [9.17, 15) is 10.1 Å². The van der Waals surface area contributed by atoms with Gasteiger partial charge in [0.2, 0.25) is 5.82 Å². The molecule has 2 aromatic heterocycles. The molecule has 0 amide bonds. The van der Waals surface area contributed by atoms with E-state index in [4.69, 9.17) is 4.42 Å². The van der Waals surface area contributed by atoms with Crippen LogP contribution in [0, 0.1) is 13.9 Å². The molecule has 9 heteroatoms. The molecule has 1 N–H and O–H groups in total. The predicted octanol–water partition coefficient (Wildman–Crippen LogP) is 3.40. The van der Waals surface area contributed by atoms with Crippen LogP contribution in [0.4, 0.5) is 11.5 Å². The number of furan rings is 1. The summed E-state index contributed by atoms with van der Waals surface area (Å²) in [6.45, 7) is 0. The summed E-state index contributed by atoms with van der Waals surface area (Å²) in [5.41, 5.74) is 2.37. The molecule has 0 spiro atoms. The van der Waals surface area contributed by atoms with Crippen LogP contribution in [0.15, 0.2) is 38.4 Å². The van der Waals surface area contributed by atoms with Crippen LogP contribution in [0.1, 0.15) is 5.76 Å². The van der Waals surface area contributed by atoms with Gasteiger partial charge in [-0.15, -0.1) is 0 Å². The number of halogens is 2. The summed E-state index contributed by atoms with van der Waals surface area (Å²) < 4.78 is 6.84. The van der Waals surface area contributed by atoms with Gasteiger partial charge < -0.3 is 4.42 Å². The maximum atomic E-state index is 10.8. The summed E-state index contributed by atoms with van der Waals surface area (Å²) in [5.74, 6) is 0.589. The molecule has 0 aliphatic heterocycles. The average molecular weight is 437 g/mol. The number of hydrogen-bond donors (Lipinski definition) is 1. The van der Waals surface area contributed by atoms with Crippen LogP contribution in [-0.2, 0) is 0 Å². The van der Waals surface area contributed by atoms with Crippen LogP contribution in [-0.4, -0.2) is 16.1 Å². The summed E-state index contributed by atoms with van der Waals surface area (Å²) >= 11 is 5.32. The highest BCUT2D eigenvalue weighted by molar-refractivity contribution is 14.1. The molecule has 0 bridgehead atoms. The second-order valence-corrected chi connectivity index (χ2v) is 5.10. The molecule has 2 aromatic rings. The minimum atomic E-state index is -0.530. The number of aromatic nitrogens is 1. The molecule has 0 aliphatic rings. The lowest BCUT2D eigenvalue weighted by molar-refractivity contribution is -0.384. The zero-order valence-corrected chi connectivity index (χ0v) is 13.0. The van der Waals surface area contributed by atoms with Gasteiger partial charge in [0.25, 0.3) is 0 Å². The van der Waals surface area contributed by atoms with Gasteiger partial charge in [-0.05, 0) is 22.0 Å². The summed E-state index contributed by atoms with van der Waals surface area (Å²) in [5, 5.41) is 14.6. The van der Waals surface area contributed by atoms with Gasteiger partial charge in [0.1, 0.15) is 5.76 Å². The van der Waals surface area contributed by atoms with Crippen LogP contribution >= 0.6 is 38.5 Å². The molecule has 0 saturated heterocycles. The molecule has 0 unspecified atom stereocenters. The number of hydrogen-bond acceptors (Lipinski definition) is 6. The fourth-order valence-electron chi connectivity index (χ4n) is 1.21. The highest BCUT2D eigenvalue weighted by Gasteiger charge is 2.13. The van der Waals surface area contributed by atoms with Crippen molar-refractivity contribution in [2.75, 3.05) is 5.43 Å². The standard InChI is InChI=1S/C10H6BrIN4O3/c11-7-4-6(19-9(7)12)5-14-15-10-8(16(17)18)2-1-3-13-10/h1-5H,(H,13,15)/b14-5+. The zero-order chi connectivity index (χ0) is 13.8. The molecular formula is C10H6BrIN4O3. The Bertz CT molecular complexity index is 624.